The zero-order chi connectivity index (χ0) is 17.3. The Morgan fingerprint density at radius 2 is 1.79 bits per heavy atom. The topological polar surface area (TPSA) is 52.0 Å². The van der Waals surface area contributed by atoms with E-state index in [1.165, 1.54) is 23.9 Å². The van der Waals surface area contributed by atoms with E-state index in [2.05, 4.69) is 4.98 Å². The molecule has 1 heterocycles. The lowest BCUT2D eigenvalue weighted by Gasteiger charge is -2.05. The van der Waals surface area contributed by atoms with Crippen molar-refractivity contribution in [2.75, 3.05) is 0 Å². The third kappa shape index (κ3) is 3.16. The highest BCUT2D eigenvalue weighted by Crippen LogP contribution is 2.26. The quantitative estimate of drug-likeness (QED) is 0.642. The normalized spacial score (nSPS) is 12.2. The summed E-state index contributed by atoms with van der Waals surface area (Å²) in [6, 6.07) is 13.3. The molecule has 0 saturated heterocycles. The number of hydrogen-bond donors (Lipinski definition) is 0. The molecule has 0 aliphatic heterocycles. The van der Waals surface area contributed by atoms with Crippen LogP contribution in [0.4, 0.5) is 8.78 Å². The van der Waals surface area contributed by atoms with Gasteiger partial charge in [-0.15, -0.1) is 0 Å². The summed E-state index contributed by atoms with van der Waals surface area (Å²) >= 11 is 1.50. The van der Waals surface area contributed by atoms with E-state index >= 15 is 0 Å². The molecule has 1 aromatic heterocycles. The predicted octanol–water partition coefficient (Wildman–Crippen LogP) is 3.86. The number of aryl methyl sites for hydroxylation is 1. The van der Waals surface area contributed by atoms with Gasteiger partial charge in [0.1, 0.15) is 0 Å². The van der Waals surface area contributed by atoms with Crippen LogP contribution < -0.4 is 0 Å². The number of alkyl halides is 2. The molecule has 126 valence electrons. The molecule has 0 atom stereocenters. The van der Waals surface area contributed by atoms with Crippen molar-refractivity contribution in [3.05, 3.63) is 54.1 Å². The Labute approximate surface area is 142 Å². The smallest absolute Gasteiger partial charge is 0.322 e. The maximum absolute atomic E-state index is 12.5. The van der Waals surface area contributed by atoms with Crippen molar-refractivity contribution >= 4 is 32.6 Å². The molecule has 0 N–H and O–H groups in total. The Kier molecular flexibility index (Phi) is 4.60. The van der Waals surface area contributed by atoms with Crippen molar-refractivity contribution in [2.45, 2.75) is 21.6 Å². The minimum absolute atomic E-state index is 0.367. The number of nitrogens with zero attached hydrogens (tertiary/aromatic N) is 2. The molecule has 2 aromatic carbocycles. The SMILES string of the molecule is Cn1c(SCc2ccc(S(=O)(=O)C(F)F)cc2)nc2ccccc21. The third-order valence-corrected chi connectivity index (χ3v) is 6.10. The van der Waals surface area contributed by atoms with Gasteiger partial charge in [-0.25, -0.2) is 13.4 Å². The number of para-hydroxylation sites is 2. The Bertz CT molecular complexity index is 967. The highest BCUT2D eigenvalue weighted by molar-refractivity contribution is 7.98. The summed E-state index contributed by atoms with van der Waals surface area (Å²) in [6.45, 7) is 0. The monoisotopic (exact) mass is 368 g/mol. The zero-order valence-electron chi connectivity index (χ0n) is 12.7. The van der Waals surface area contributed by atoms with Crippen molar-refractivity contribution in [3.8, 4) is 0 Å². The molecular weight excluding hydrogens is 354 g/mol. The summed E-state index contributed by atoms with van der Waals surface area (Å²) in [7, 11) is -2.61. The fourth-order valence-corrected chi connectivity index (χ4v) is 3.94. The maximum Gasteiger partial charge on any atom is 0.341 e. The largest absolute Gasteiger partial charge is 0.341 e. The number of rotatable bonds is 5. The number of aromatic nitrogens is 2. The zero-order valence-corrected chi connectivity index (χ0v) is 14.3. The average Bonchev–Trinajstić information content (AvgIpc) is 2.90. The van der Waals surface area contributed by atoms with Crippen LogP contribution in [0.25, 0.3) is 11.0 Å². The minimum Gasteiger partial charge on any atom is -0.322 e. The molecule has 0 saturated carbocycles. The first-order valence-electron chi connectivity index (χ1n) is 7.05. The summed E-state index contributed by atoms with van der Waals surface area (Å²) < 4.78 is 49.8. The van der Waals surface area contributed by atoms with Gasteiger partial charge < -0.3 is 4.57 Å². The van der Waals surface area contributed by atoms with Crippen molar-refractivity contribution in [1.82, 2.24) is 9.55 Å². The van der Waals surface area contributed by atoms with Crippen molar-refractivity contribution in [2.24, 2.45) is 7.05 Å². The molecule has 0 unspecified atom stereocenters. The number of thioether (sulfide) groups is 1. The second-order valence-electron chi connectivity index (χ2n) is 5.18. The average molecular weight is 368 g/mol. The van der Waals surface area contributed by atoms with Crippen LogP contribution >= 0.6 is 11.8 Å². The second-order valence-corrected chi connectivity index (χ2v) is 8.04. The Morgan fingerprint density at radius 1 is 1.12 bits per heavy atom. The number of halogens is 2. The van der Waals surface area contributed by atoms with E-state index in [4.69, 9.17) is 0 Å². The van der Waals surface area contributed by atoms with Crippen molar-refractivity contribution < 1.29 is 17.2 Å². The molecule has 0 bridgehead atoms. The Morgan fingerprint density at radius 3 is 2.42 bits per heavy atom. The molecule has 0 radical (unpaired) electrons. The lowest BCUT2D eigenvalue weighted by atomic mass is 10.2. The van der Waals surface area contributed by atoms with Crippen LogP contribution in [0.1, 0.15) is 5.56 Å². The standard InChI is InChI=1S/C16H14F2N2O2S2/c1-20-14-5-3-2-4-13(14)19-16(20)23-10-11-6-8-12(9-7-11)24(21,22)15(17)18/h2-9,15H,10H2,1H3. The summed E-state index contributed by atoms with van der Waals surface area (Å²) in [5.74, 6) is -2.84. The van der Waals surface area contributed by atoms with Crippen LogP contribution in [0.2, 0.25) is 0 Å². The van der Waals surface area contributed by atoms with E-state index in [0.717, 1.165) is 21.8 Å². The highest BCUT2D eigenvalue weighted by atomic mass is 32.2. The van der Waals surface area contributed by atoms with Crippen LogP contribution in [0.15, 0.2) is 58.6 Å². The van der Waals surface area contributed by atoms with Crippen molar-refractivity contribution in [3.63, 3.8) is 0 Å². The molecule has 4 nitrogen and oxygen atoms in total. The number of imidazole rings is 1. The molecule has 0 spiro atoms. The van der Waals surface area contributed by atoms with E-state index in [9.17, 15) is 17.2 Å². The van der Waals surface area contributed by atoms with Crippen molar-refractivity contribution in [1.29, 1.82) is 0 Å². The van der Waals surface area contributed by atoms with Gasteiger partial charge in [0, 0.05) is 12.8 Å². The lowest BCUT2D eigenvalue weighted by molar-refractivity contribution is 0.234. The van der Waals surface area contributed by atoms with Gasteiger partial charge in [-0.3, -0.25) is 0 Å². The number of sulfone groups is 1. The van der Waals surface area contributed by atoms with Gasteiger partial charge in [-0.2, -0.15) is 8.78 Å². The third-order valence-electron chi connectivity index (χ3n) is 3.60. The maximum atomic E-state index is 12.5. The number of benzene rings is 2. The fraction of sp³-hybridized carbons (Fsp3) is 0.188. The van der Waals surface area contributed by atoms with Gasteiger partial charge in [-0.1, -0.05) is 36.0 Å². The lowest BCUT2D eigenvalue weighted by Crippen LogP contribution is -2.11. The Hall–Kier alpha value is -1.93. The molecule has 0 aliphatic rings. The van der Waals surface area contributed by atoms with Crippen LogP contribution in [0.3, 0.4) is 0 Å². The summed E-state index contributed by atoms with van der Waals surface area (Å²) in [4.78, 5) is 4.17. The predicted molar refractivity (Wildman–Crippen MR) is 89.9 cm³/mol. The van der Waals surface area contributed by atoms with E-state index in [1.54, 1.807) is 12.1 Å². The molecule has 3 aromatic rings. The number of hydrogen-bond acceptors (Lipinski definition) is 4. The fourth-order valence-electron chi connectivity index (χ4n) is 2.28. The number of fused-ring (bicyclic) bond motifs is 1. The molecule has 0 amide bonds. The first kappa shape index (κ1) is 16.9. The molecule has 8 heteroatoms. The van der Waals surface area contributed by atoms with E-state index in [0.29, 0.717) is 5.75 Å². The highest BCUT2D eigenvalue weighted by Gasteiger charge is 2.26. The second kappa shape index (κ2) is 6.52. The molecule has 24 heavy (non-hydrogen) atoms. The molecular formula is C16H14F2N2O2S2. The summed E-state index contributed by atoms with van der Waals surface area (Å²) in [5.41, 5.74) is 2.76. The molecule has 0 aliphatic carbocycles. The van der Waals surface area contributed by atoms with Crippen LogP contribution in [0, 0.1) is 0 Å². The van der Waals surface area contributed by atoms with E-state index in [1.807, 2.05) is 35.9 Å². The molecule has 3 rings (SSSR count). The van der Waals surface area contributed by atoms with Gasteiger partial charge in [-0.05, 0) is 29.8 Å². The van der Waals surface area contributed by atoms with Gasteiger partial charge in [0.2, 0.25) is 9.84 Å². The first-order chi connectivity index (χ1) is 11.4. The first-order valence-corrected chi connectivity index (χ1v) is 9.58. The van der Waals surface area contributed by atoms with Gasteiger partial charge in [0.15, 0.2) is 5.16 Å². The minimum atomic E-state index is -4.54. The van der Waals surface area contributed by atoms with Crippen LogP contribution in [-0.4, -0.2) is 23.7 Å². The Balaban J connectivity index is 1.76. The van der Waals surface area contributed by atoms with Crippen LogP contribution in [-0.2, 0) is 22.6 Å². The molecule has 0 fully saturated rings. The van der Waals surface area contributed by atoms with Gasteiger partial charge >= 0.3 is 5.76 Å². The van der Waals surface area contributed by atoms with Gasteiger partial charge in [0.25, 0.3) is 0 Å². The van der Waals surface area contributed by atoms with E-state index in [-0.39, 0.29) is 4.90 Å². The summed E-state index contributed by atoms with van der Waals surface area (Å²) in [6.07, 6.45) is 0. The van der Waals surface area contributed by atoms with E-state index < -0.39 is 15.6 Å². The van der Waals surface area contributed by atoms with Crippen LogP contribution in [0.5, 0.6) is 0 Å². The van der Waals surface area contributed by atoms with Gasteiger partial charge in [0.05, 0.1) is 15.9 Å². The summed E-state index contributed by atoms with van der Waals surface area (Å²) in [5, 5.41) is 0.834.